The zero-order valence-electron chi connectivity index (χ0n) is 17.5. The lowest BCUT2D eigenvalue weighted by Gasteiger charge is -2.24. The molecular formula is C22H25ClN4O3S. The summed E-state index contributed by atoms with van der Waals surface area (Å²) in [4.78, 5) is 17.1. The van der Waals surface area contributed by atoms with Crippen LogP contribution in [-0.4, -0.2) is 51.4 Å². The van der Waals surface area contributed by atoms with Crippen molar-refractivity contribution < 1.29 is 13.2 Å². The molecule has 0 radical (unpaired) electrons. The molecule has 1 aliphatic heterocycles. The molecule has 0 unspecified atom stereocenters. The fourth-order valence-corrected chi connectivity index (χ4v) is 4.98. The number of nitrogens with one attached hydrogen (secondary N) is 1. The summed E-state index contributed by atoms with van der Waals surface area (Å²) in [6, 6.07) is 13.4. The van der Waals surface area contributed by atoms with Crippen LogP contribution in [0.25, 0.3) is 0 Å². The summed E-state index contributed by atoms with van der Waals surface area (Å²) < 4.78 is 27.5. The lowest BCUT2D eigenvalue weighted by Crippen LogP contribution is -2.35. The molecule has 1 fully saturated rings. The molecule has 2 aromatic carbocycles. The maximum atomic E-state index is 13.2. The Morgan fingerprint density at radius 1 is 1.10 bits per heavy atom. The third-order valence-corrected chi connectivity index (χ3v) is 7.00. The second-order valence-electron chi connectivity index (χ2n) is 7.71. The van der Waals surface area contributed by atoms with Crippen LogP contribution in [0.4, 0.5) is 5.69 Å². The molecule has 1 aliphatic rings. The largest absolute Gasteiger partial charge is 0.370 e. The van der Waals surface area contributed by atoms with Crippen LogP contribution in [0.2, 0.25) is 5.02 Å². The number of nitriles is 1. The Labute approximate surface area is 188 Å². The van der Waals surface area contributed by atoms with Crippen molar-refractivity contribution in [2.45, 2.75) is 31.2 Å². The van der Waals surface area contributed by atoms with Gasteiger partial charge in [-0.3, -0.25) is 4.79 Å². The molecule has 0 bridgehead atoms. The molecule has 0 saturated carbocycles. The number of carbonyl (C=O) groups is 1. The predicted octanol–water partition coefficient (Wildman–Crippen LogP) is 3.25. The predicted molar refractivity (Wildman–Crippen MR) is 121 cm³/mol. The van der Waals surface area contributed by atoms with Gasteiger partial charge in [-0.15, -0.1) is 0 Å². The summed E-state index contributed by atoms with van der Waals surface area (Å²) in [6.07, 6.45) is 0.760. The Kier molecular flexibility index (Phi) is 7.21. The Bertz CT molecular complexity index is 1090. The first-order valence-corrected chi connectivity index (χ1v) is 11.9. The molecule has 1 saturated heterocycles. The first kappa shape index (κ1) is 23.1. The van der Waals surface area contributed by atoms with E-state index >= 15 is 0 Å². The van der Waals surface area contributed by atoms with Crippen molar-refractivity contribution in [1.82, 2.24) is 9.62 Å². The number of hydrogen-bond donors (Lipinski definition) is 1. The fraction of sp³-hybridized carbons (Fsp3) is 0.364. The van der Waals surface area contributed by atoms with Gasteiger partial charge in [-0.1, -0.05) is 11.6 Å². The number of nitrogens with zero attached hydrogens (tertiary/aromatic N) is 3. The lowest BCUT2D eigenvalue weighted by atomic mass is 10.2. The Morgan fingerprint density at radius 2 is 1.81 bits per heavy atom. The molecule has 0 atom stereocenters. The molecule has 0 spiro atoms. The van der Waals surface area contributed by atoms with E-state index in [1.54, 1.807) is 30.9 Å². The van der Waals surface area contributed by atoms with Gasteiger partial charge in [0.15, 0.2) is 0 Å². The summed E-state index contributed by atoms with van der Waals surface area (Å²) >= 11 is 6.26. The number of anilines is 1. The summed E-state index contributed by atoms with van der Waals surface area (Å²) in [5, 5.41) is 9.19. The lowest BCUT2D eigenvalue weighted by molar-refractivity contribution is 0.0767. The van der Waals surface area contributed by atoms with E-state index in [9.17, 15) is 13.2 Å². The van der Waals surface area contributed by atoms with Crippen molar-refractivity contribution in [3.05, 3.63) is 58.6 Å². The number of amides is 1. The van der Waals surface area contributed by atoms with Crippen LogP contribution in [0.3, 0.4) is 0 Å². The van der Waals surface area contributed by atoms with E-state index in [1.807, 2.05) is 12.1 Å². The molecule has 7 nitrogen and oxygen atoms in total. The van der Waals surface area contributed by atoms with E-state index in [0.717, 1.165) is 18.7 Å². The van der Waals surface area contributed by atoms with Crippen molar-refractivity contribution in [2.24, 2.45) is 0 Å². The molecule has 0 aromatic heterocycles. The zero-order chi connectivity index (χ0) is 22.6. The average molecular weight is 461 g/mol. The van der Waals surface area contributed by atoms with Crippen molar-refractivity contribution >= 4 is 33.2 Å². The number of carbonyl (C=O) groups excluding carboxylic acids is 1. The maximum absolute atomic E-state index is 13.2. The van der Waals surface area contributed by atoms with E-state index in [1.165, 1.54) is 18.2 Å². The van der Waals surface area contributed by atoms with Crippen LogP contribution < -0.4 is 9.62 Å². The van der Waals surface area contributed by atoms with E-state index in [0.29, 0.717) is 25.2 Å². The van der Waals surface area contributed by atoms with Crippen LogP contribution in [-0.2, 0) is 10.0 Å². The molecule has 1 amide bonds. The smallest absolute Gasteiger partial charge is 0.255 e. The van der Waals surface area contributed by atoms with Gasteiger partial charge in [0.2, 0.25) is 10.0 Å². The Balaban J connectivity index is 1.77. The molecule has 2 aromatic rings. The quantitative estimate of drug-likeness (QED) is 0.739. The van der Waals surface area contributed by atoms with Gasteiger partial charge in [0.1, 0.15) is 0 Å². The average Bonchev–Trinajstić information content (AvgIpc) is 2.99. The molecule has 3 rings (SSSR count). The van der Waals surface area contributed by atoms with Crippen LogP contribution >= 0.6 is 11.6 Å². The van der Waals surface area contributed by atoms with Gasteiger partial charge in [0, 0.05) is 37.9 Å². The van der Waals surface area contributed by atoms with Gasteiger partial charge < -0.3 is 9.80 Å². The SMILES string of the molecule is CC(C)NS(=O)(=O)c1ccc(Cl)c(C(=O)N2CCCN(c3ccc(C#N)cc3)CC2)c1. The van der Waals surface area contributed by atoms with Crippen LogP contribution in [0.15, 0.2) is 47.4 Å². The monoisotopic (exact) mass is 460 g/mol. The second kappa shape index (κ2) is 9.69. The number of sulfonamides is 1. The maximum Gasteiger partial charge on any atom is 0.255 e. The van der Waals surface area contributed by atoms with Gasteiger partial charge in [-0.25, -0.2) is 13.1 Å². The third-order valence-electron chi connectivity index (χ3n) is 5.01. The summed E-state index contributed by atoms with van der Waals surface area (Å²) in [5.41, 5.74) is 1.78. The fourth-order valence-electron chi connectivity index (χ4n) is 3.51. The highest BCUT2D eigenvalue weighted by atomic mass is 35.5. The van der Waals surface area contributed by atoms with Crippen molar-refractivity contribution in [3.63, 3.8) is 0 Å². The Hall–Kier alpha value is -2.60. The minimum absolute atomic E-state index is 0.0166. The number of halogens is 1. The molecule has 0 aliphatic carbocycles. The molecular weight excluding hydrogens is 436 g/mol. The van der Waals surface area contributed by atoms with Gasteiger partial charge >= 0.3 is 0 Å². The first-order valence-electron chi connectivity index (χ1n) is 10.1. The number of rotatable bonds is 5. The molecule has 9 heteroatoms. The Morgan fingerprint density at radius 3 is 2.45 bits per heavy atom. The summed E-state index contributed by atoms with van der Waals surface area (Å²) in [6.45, 7) is 5.89. The van der Waals surface area contributed by atoms with E-state index in [4.69, 9.17) is 16.9 Å². The molecule has 1 heterocycles. The topological polar surface area (TPSA) is 93.5 Å². The molecule has 1 N–H and O–H groups in total. The zero-order valence-corrected chi connectivity index (χ0v) is 19.1. The number of benzene rings is 2. The van der Waals surface area contributed by atoms with Gasteiger partial charge in [-0.2, -0.15) is 5.26 Å². The highest BCUT2D eigenvalue weighted by Gasteiger charge is 2.25. The number of hydrogen-bond acceptors (Lipinski definition) is 5. The van der Waals surface area contributed by atoms with Gasteiger partial charge in [0.25, 0.3) is 5.91 Å². The van der Waals surface area contributed by atoms with Crippen LogP contribution in [0.1, 0.15) is 36.2 Å². The summed E-state index contributed by atoms with van der Waals surface area (Å²) in [5.74, 6) is -0.284. The minimum Gasteiger partial charge on any atom is -0.370 e. The molecule has 164 valence electrons. The normalized spacial score (nSPS) is 14.9. The van der Waals surface area contributed by atoms with Gasteiger partial charge in [-0.05, 0) is 62.7 Å². The highest BCUT2D eigenvalue weighted by molar-refractivity contribution is 7.89. The van der Waals surface area contributed by atoms with Crippen molar-refractivity contribution in [2.75, 3.05) is 31.1 Å². The standard InChI is InChI=1S/C22H25ClN4O3S/c1-16(2)25-31(29,30)19-8-9-21(23)20(14-19)22(28)27-11-3-10-26(12-13-27)18-6-4-17(15-24)5-7-18/h4-9,14,16,25H,3,10-13H2,1-2H3. The first-order chi connectivity index (χ1) is 14.7. The third kappa shape index (κ3) is 5.56. The van der Waals surface area contributed by atoms with E-state index < -0.39 is 10.0 Å². The van der Waals surface area contributed by atoms with E-state index in [2.05, 4.69) is 15.7 Å². The van der Waals surface area contributed by atoms with Crippen molar-refractivity contribution in [1.29, 1.82) is 5.26 Å². The van der Waals surface area contributed by atoms with Crippen LogP contribution in [0.5, 0.6) is 0 Å². The highest BCUT2D eigenvalue weighted by Crippen LogP contribution is 2.24. The second-order valence-corrected chi connectivity index (χ2v) is 9.83. The van der Waals surface area contributed by atoms with Crippen LogP contribution in [0, 0.1) is 11.3 Å². The minimum atomic E-state index is -3.73. The molecule has 31 heavy (non-hydrogen) atoms. The summed E-state index contributed by atoms with van der Waals surface area (Å²) in [7, 11) is -3.73. The van der Waals surface area contributed by atoms with E-state index in [-0.39, 0.29) is 27.4 Å². The van der Waals surface area contributed by atoms with Crippen molar-refractivity contribution in [3.8, 4) is 6.07 Å². The van der Waals surface area contributed by atoms with Gasteiger partial charge in [0.05, 0.1) is 27.1 Å².